The summed E-state index contributed by atoms with van der Waals surface area (Å²) in [6, 6.07) is 0.175. The molecule has 5 N–H and O–H groups in total. The van der Waals surface area contributed by atoms with E-state index in [9.17, 15) is 5.11 Å². The van der Waals surface area contributed by atoms with Crippen molar-refractivity contribution in [1.29, 1.82) is 0 Å². The van der Waals surface area contributed by atoms with E-state index in [1.807, 2.05) is 6.92 Å². The van der Waals surface area contributed by atoms with Gasteiger partial charge in [-0.2, -0.15) is 0 Å². The predicted molar refractivity (Wildman–Crippen MR) is 58.8 cm³/mol. The Morgan fingerprint density at radius 2 is 2.33 bits per heavy atom. The number of nitrogens with two attached hydrogens (primary N) is 1. The number of aliphatic hydroxyl groups is 1. The van der Waals surface area contributed by atoms with Crippen molar-refractivity contribution in [2.45, 2.75) is 44.8 Å². The average Bonchev–Trinajstić information content (AvgIpc) is 2.61. The molecule has 15 heavy (non-hydrogen) atoms. The Morgan fingerprint density at radius 1 is 1.60 bits per heavy atom. The van der Waals surface area contributed by atoms with E-state index in [0.29, 0.717) is 12.3 Å². The van der Waals surface area contributed by atoms with Gasteiger partial charge in [0.15, 0.2) is 0 Å². The summed E-state index contributed by atoms with van der Waals surface area (Å²) in [5.74, 6) is 0.599. The van der Waals surface area contributed by atoms with Crippen molar-refractivity contribution in [2.24, 2.45) is 16.8 Å². The van der Waals surface area contributed by atoms with Gasteiger partial charge in [-0.3, -0.25) is 0 Å². The van der Waals surface area contributed by atoms with Gasteiger partial charge in [0.2, 0.25) is 0 Å². The molecule has 0 aromatic carbocycles. The zero-order valence-electron chi connectivity index (χ0n) is 9.19. The van der Waals surface area contributed by atoms with Crippen molar-refractivity contribution in [1.82, 2.24) is 5.32 Å². The molecule has 0 heterocycles. The maximum atomic E-state index is 9.60. The summed E-state index contributed by atoms with van der Waals surface area (Å²) in [7, 11) is 0. The average molecular weight is 215 g/mol. The lowest BCUT2D eigenvalue weighted by molar-refractivity contribution is 0.130. The molecule has 0 aromatic heterocycles. The van der Waals surface area contributed by atoms with Crippen LogP contribution in [-0.2, 0) is 0 Å². The highest BCUT2D eigenvalue weighted by atomic mass is 16.4. The minimum absolute atomic E-state index is 0.159. The number of hydrogen-bond acceptors (Lipinski definition) is 4. The Bertz CT molecular complexity index is 221. The van der Waals surface area contributed by atoms with Crippen LogP contribution in [0.5, 0.6) is 0 Å². The lowest BCUT2D eigenvalue weighted by Gasteiger charge is -2.19. The van der Waals surface area contributed by atoms with Crippen LogP contribution in [0, 0.1) is 5.92 Å². The summed E-state index contributed by atoms with van der Waals surface area (Å²) in [5, 5.41) is 24.2. The second-order valence-electron chi connectivity index (χ2n) is 4.36. The Balaban J connectivity index is 2.18. The fourth-order valence-corrected chi connectivity index (χ4v) is 2.03. The van der Waals surface area contributed by atoms with Crippen LogP contribution in [0.3, 0.4) is 0 Å². The molecular formula is C10H21N3O2. The molecule has 1 aliphatic carbocycles. The molecule has 1 rings (SSSR count). The first kappa shape index (κ1) is 12.3. The third kappa shape index (κ3) is 4.05. The van der Waals surface area contributed by atoms with Gasteiger partial charge in [-0.05, 0) is 25.7 Å². The Kier molecular flexibility index (Phi) is 4.84. The van der Waals surface area contributed by atoms with Crippen LogP contribution in [0.25, 0.3) is 0 Å². The summed E-state index contributed by atoms with van der Waals surface area (Å²) in [6.45, 7) is 2.79. The van der Waals surface area contributed by atoms with E-state index in [4.69, 9.17) is 10.9 Å². The molecule has 0 saturated heterocycles. The zero-order valence-corrected chi connectivity index (χ0v) is 9.19. The zero-order chi connectivity index (χ0) is 11.3. The fourth-order valence-electron chi connectivity index (χ4n) is 2.03. The van der Waals surface area contributed by atoms with Gasteiger partial charge in [0, 0.05) is 19.0 Å². The summed E-state index contributed by atoms with van der Waals surface area (Å²) in [5.41, 5.74) is 5.40. The second-order valence-corrected chi connectivity index (χ2v) is 4.36. The number of nitrogens with zero attached hydrogens (tertiary/aromatic N) is 1. The summed E-state index contributed by atoms with van der Waals surface area (Å²) in [4.78, 5) is 0. The van der Waals surface area contributed by atoms with Gasteiger partial charge >= 0.3 is 0 Å². The molecule has 3 unspecified atom stereocenters. The van der Waals surface area contributed by atoms with Gasteiger partial charge in [-0.15, -0.1) is 0 Å². The smallest absolute Gasteiger partial charge is 0.140 e. The molecule has 0 aliphatic heterocycles. The minimum atomic E-state index is -0.159. The molecular weight excluding hydrogens is 194 g/mol. The second kappa shape index (κ2) is 5.92. The number of oxime groups is 1. The minimum Gasteiger partial charge on any atom is -0.409 e. The molecule has 5 heteroatoms. The van der Waals surface area contributed by atoms with E-state index in [2.05, 4.69) is 10.5 Å². The van der Waals surface area contributed by atoms with Crippen LogP contribution < -0.4 is 11.1 Å². The Hall–Kier alpha value is -0.810. The number of hydrogen-bond donors (Lipinski definition) is 4. The van der Waals surface area contributed by atoms with E-state index in [-0.39, 0.29) is 18.0 Å². The highest BCUT2D eigenvalue weighted by molar-refractivity contribution is 5.80. The van der Waals surface area contributed by atoms with Crippen molar-refractivity contribution in [3.05, 3.63) is 0 Å². The normalized spacial score (nSPS) is 29.3. The van der Waals surface area contributed by atoms with Crippen molar-refractivity contribution in [2.75, 3.05) is 6.54 Å². The molecule has 0 radical (unpaired) electrons. The van der Waals surface area contributed by atoms with Crippen LogP contribution in [0.2, 0.25) is 0 Å². The lowest BCUT2D eigenvalue weighted by Crippen LogP contribution is -2.36. The molecule has 1 aliphatic rings. The van der Waals surface area contributed by atoms with Gasteiger partial charge < -0.3 is 21.4 Å². The third-order valence-electron chi connectivity index (χ3n) is 2.99. The molecule has 0 spiro atoms. The maximum Gasteiger partial charge on any atom is 0.140 e. The summed E-state index contributed by atoms with van der Waals surface area (Å²) < 4.78 is 0. The first-order valence-corrected chi connectivity index (χ1v) is 5.51. The Labute approximate surface area is 90.3 Å². The van der Waals surface area contributed by atoms with Crippen LogP contribution >= 0.6 is 0 Å². The van der Waals surface area contributed by atoms with E-state index in [0.717, 1.165) is 25.8 Å². The van der Waals surface area contributed by atoms with E-state index >= 15 is 0 Å². The Morgan fingerprint density at radius 3 is 2.87 bits per heavy atom. The van der Waals surface area contributed by atoms with Gasteiger partial charge in [0.25, 0.3) is 0 Å². The van der Waals surface area contributed by atoms with Crippen molar-refractivity contribution in [3.63, 3.8) is 0 Å². The van der Waals surface area contributed by atoms with Crippen molar-refractivity contribution >= 4 is 5.84 Å². The molecule has 3 atom stereocenters. The standard InChI is InChI=1S/C10H21N3O2/c1-7(5-10(11)13-15)12-6-8-3-2-4-9(8)14/h7-9,12,14-15H,2-6H2,1H3,(H2,11,13). The molecule has 88 valence electrons. The highest BCUT2D eigenvalue weighted by Crippen LogP contribution is 2.24. The van der Waals surface area contributed by atoms with Gasteiger partial charge in [-0.1, -0.05) is 11.6 Å². The van der Waals surface area contributed by atoms with Crippen molar-refractivity contribution < 1.29 is 10.3 Å². The van der Waals surface area contributed by atoms with Gasteiger partial charge in [-0.25, -0.2) is 0 Å². The highest BCUT2D eigenvalue weighted by Gasteiger charge is 2.25. The monoisotopic (exact) mass is 215 g/mol. The fraction of sp³-hybridized carbons (Fsp3) is 0.900. The number of amidine groups is 1. The van der Waals surface area contributed by atoms with Crippen molar-refractivity contribution in [3.8, 4) is 0 Å². The summed E-state index contributed by atoms with van der Waals surface area (Å²) in [6.07, 6.45) is 3.49. The van der Waals surface area contributed by atoms with Crippen LogP contribution in [0.1, 0.15) is 32.6 Å². The number of rotatable bonds is 5. The summed E-state index contributed by atoms with van der Waals surface area (Å²) >= 11 is 0. The first-order valence-electron chi connectivity index (χ1n) is 5.51. The SMILES string of the molecule is CC(CC(N)=NO)NCC1CCCC1O. The van der Waals surface area contributed by atoms with E-state index < -0.39 is 0 Å². The topological polar surface area (TPSA) is 90.9 Å². The molecule has 0 bridgehead atoms. The van der Waals surface area contributed by atoms with Gasteiger partial charge in [0.05, 0.1) is 6.10 Å². The quantitative estimate of drug-likeness (QED) is 0.229. The molecule has 1 fully saturated rings. The molecule has 0 aromatic rings. The molecule has 5 nitrogen and oxygen atoms in total. The third-order valence-corrected chi connectivity index (χ3v) is 2.99. The first-order chi connectivity index (χ1) is 7.13. The predicted octanol–water partition coefficient (Wildman–Crippen LogP) is 0.262. The van der Waals surface area contributed by atoms with Crippen LogP contribution in [0.15, 0.2) is 5.16 Å². The number of nitrogens with one attached hydrogen (secondary N) is 1. The maximum absolute atomic E-state index is 9.60. The lowest BCUT2D eigenvalue weighted by atomic mass is 10.1. The van der Waals surface area contributed by atoms with Gasteiger partial charge in [0.1, 0.15) is 5.84 Å². The van der Waals surface area contributed by atoms with Crippen LogP contribution in [0.4, 0.5) is 0 Å². The largest absolute Gasteiger partial charge is 0.409 e. The van der Waals surface area contributed by atoms with E-state index in [1.165, 1.54) is 0 Å². The number of aliphatic hydroxyl groups excluding tert-OH is 1. The van der Waals surface area contributed by atoms with E-state index in [1.54, 1.807) is 0 Å². The van der Waals surface area contributed by atoms with Crippen LogP contribution in [-0.4, -0.2) is 34.8 Å². The molecule has 1 saturated carbocycles. The molecule has 0 amide bonds.